The molecule has 3 aliphatic rings. The monoisotopic (exact) mass is 499 g/mol. The predicted octanol–water partition coefficient (Wildman–Crippen LogP) is 2.98. The van der Waals surface area contributed by atoms with Crippen molar-refractivity contribution in [2.45, 2.75) is 25.4 Å². The summed E-state index contributed by atoms with van der Waals surface area (Å²) in [7, 11) is 0. The first-order valence-electron chi connectivity index (χ1n) is 13.3. The highest BCUT2D eigenvalue weighted by atomic mass is 16.5. The van der Waals surface area contributed by atoms with Gasteiger partial charge in [-0.15, -0.1) is 0 Å². The number of hydrogen-bond acceptors (Lipinski definition) is 6. The van der Waals surface area contributed by atoms with Gasteiger partial charge in [0.2, 0.25) is 0 Å². The molecular formula is C30H33N3O4. The van der Waals surface area contributed by atoms with E-state index in [1.165, 1.54) is 22.4 Å². The van der Waals surface area contributed by atoms with Crippen LogP contribution in [0.4, 0.5) is 0 Å². The first-order chi connectivity index (χ1) is 18.1. The number of amides is 2. The molecule has 7 heteroatoms. The summed E-state index contributed by atoms with van der Waals surface area (Å²) in [6, 6.07) is 17.5. The second kappa shape index (κ2) is 10.2. The van der Waals surface area contributed by atoms with Crippen molar-refractivity contribution in [3.8, 4) is 5.75 Å². The van der Waals surface area contributed by atoms with Crippen LogP contribution in [0.15, 0.2) is 54.6 Å². The molecule has 6 rings (SSSR count). The van der Waals surface area contributed by atoms with E-state index in [0.717, 1.165) is 55.5 Å². The minimum Gasteiger partial charge on any atom is -0.491 e. The van der Waals surface area contributed by atoms with E-state index in [0.29, 0.717) is 30.8 Å². The quantitative estimate of drug-likeness (QED) is 0.481. The summed E-state index contributed by atoms with van der Waals surface area (Å²) in [6.07, 6.45) is 2.93. The highest BCUT2D eigenvalue weighted by molar-refractivity contribution is 6.25. The number of aryl methyl sites for hydroxylation is 2. The fourth-order valence-corrected chi connectivity index (χ4v) is 5.90. The zero-order chi connectivity index (χ0) is 25.4. The number of imide groups is 1. The average Bonchev–Trinajstić information content (AvgIpc) is 3.39. The number of rotatable bonds is 8. The predicted molar refractivity (Wildman–Crippen MR) is 142 cm³/mol. The molecule has 0 bridgehead atoms. The molecule has 2 aliphatic heterocycles. The Morgan fingerprint density at radius 3 is 2.22 bits per heavy atom. The minimum absolute atomic E-state index is 0.209. The highest BCUT2D eigenvalue weighted by Gasteiger charge is 2.33. The van der Waals surface area contributed by atoms with E-state index in [9.17, 15) is 14.7 Å². The smallest absolute Gasteiger partial charge is 0.261 e. The molecule has 7 nitrogen and oxygen atoms in total. The van der Waals surface area contributed by atoms with E-state index in [1.807, 2.05) is 42.5 Å². The third-order valence-corrected chi connectivity index (χ3v) is 7.94. The molecule has 1 saturated heterocycles. The van der Waals surface area contributed by atoms with Gasteiger partial charge in [0, 0.05) is 62.3 Å². The number of hydrogen-bond donors (Lipinski definition) is 1. The lowest BCUT2D eigenvalue weighted by molar-refractivity contribution is 0.0416. The van der Waals surface area contributed by atoms with E-state index in [4.69, 9.17) is 4.74 Å². The fraction of sp³-hybridized carbons (Fsp3) is 0.400. The second-order valence-corrected chi connectivity index (χ2v) is 10.4. The number of aliphatic hydroxyl groups is 1. The fourth-order valence-electron chi connectivity index (χ4n) is 5.90. The number of ether oxygens (including phenoxy) is 1. The van der Waals surface area contributed by atoms with Gasteiger partial charge >= 0.3 is 0 Å². The molecule has 3 aromatic rings. The lowest BCUT2D eigenvalue weighted by Crippen LogP contribution is -2.51. The first-order valence-corrected chi connectivity index (χ1v) is 13.3. The topological polar surface area (TPSA) is 73.3 Å². The van der Waals surface area contributed by atoms with Gasteiger partial charge in [-0.05, 0) is 60.0 Å². The molecule has 0 radical (unpaired) electrons. The Hall–Kier alpha value is -3.26. The first kappa shape index (κ1) is 24.1. The maximum atomic E-state index is 13.1. The number of β-amino-alcohol motifs (C(OH)–C–C–N with tert-alkyl or cyclic N) is 1. The van der Waals surface area contributed by atoms with Crippen LogP contribution in [0.25, 0.3) is 10.8 Å². The third-order valence-electron chi connectivity index (χ3n) is 7.94. The van der Waals surface area contributed by atoms with Crippen molar-refractivity contribution < 1.29 is 19.4 Å². The van der Waals surface area contributed by atoms with Gasteiger partial charge < -0.3 is 9.84 Å². The summed E-state index contributed by atoms with van der Waals surface area (Å²) in [6.45, 7) is 5.21. The van der Waals surface area contributed by atoms with Gasteiger partial charge in [-0.2, -0.15) is 0 Å². The molecule has 2 heterocycles. The van der Waals surface area contributed by atoms with Crippen LogP contribution in [0.5, 0.6) is 5.75 Å². The Morgan fingerprint density at radius 2 is 1.49 bits per heavy atom. The Labute approximate surface area is 217 Å². The maximum absolute atomic E-state index is 13.1. The van der Waals surface area contributed by atoms with Crippen LogP contribution >= 0.6 is 0 Å². The van der Waals surface area contributed by atoms with Gasteiger partial charge in [0.15, 0.2) is 0 Å². The molecule has 1 aliphatic carbocycles. The summed E-state index contributed by atoms with van der Waals surface area (Å²) in [5.41, 5.74) is 4.00. The Bertz CT molecular complexity index is 1280. The standard InChI is InChI=1S/C30H33N3O4/c34-24(20-37-25-11-10-21-4-1-7-23(21)18-25)19-32-14-12-31(13-15-32)16-17-33-29(35)26-8-2-5-22-6-3-9-27(28(22)26)30(33)36/h2-3,5-6,8-11,18,24,34H,1,4,7,12-17,19-20H2/t24-/m0/s1. The highest BCUT2D eigenvalue weighted by Crippen LogP contribution is 2.30. The third kappa shape index (κ3) is 4.87. The number of benzene rings is 3. The molecule has 192 valence electrons. The zero-order valence-electron chi connectivity index (χ0n) is 21.1. The van der Waals surface area contributed by atoms with Crippen LogP contribution in [0.2, 0.25) is 0 Å². The number of piperazine rings is 1. The van der Waals surface area contributed by atoms with E-state index in [2.05, 4.69) is 21.9 Å². The van der Waals surface area contributed by atoms with E-state index < -0.39 is 6.10 Å². The Balaban J connectivity index is 0.970. The van der Waals surface area contributed by atoms with Crippen LogP contribution < -0.4 is 4.74 Å². The van der Waals surface area contributed by atoms with Crippen molar-refractivity contribution in [3.05, 3.63) is 76.9 Å². The number of aliphatic hydroxyl groups excluding tert-OH is 1. The molecular weight excluding hydrogens is 466 g/mol. The molecule has 3 aromatic carbocycles. The van der Waals surface area contributed by atoms with Crippen LogP contribution in [0.1, 0.15) is 38.3 Å². The lowest BCUT2D eigenvalue weighted by Gasteiger charge is -2.36. The second-order valence-electron chi connectivity index (χ2n) is 10.4. The Morgan fingerprint density at radius 1 is 0.811 bits per heavy atom. The molecule has 1 fully saturated rings. The number of carbonyl (C=O) groups is 2. The molecule has 0 saturated carbocycles. The largest absolute Gasteiger partial charge is 0.491 e. The van der Waals surface area contributed by atoms with Crippen LogP contribution in [-0.2, 0) is 12.8 Å². The maximum Gasteiger partial charge on any atom is 0.261 e. The van der Waals surface area contributed by atoms with Gasteiger partial charge in [-0.25, -0.2) is 0 Å². The summed E-state index contributed by atoms with van der Waals surface area (Å²) in [4.78, 5) is 32.2. The number of fused-ring (bicyclic) bond motifs is 1. The van der Waals surface area contributed by atoms with Crippen molar-refractivity contribution in [1.29, 1.82) is 0 Å². The molecule has 0 aromatic heterocycles. The number of nitrogens with zero attached hydrogens (tertiary/aromatic N) is 3. The molecule has 0 unspecified atom stereocenters. The average molecular weight is 500 g/mol. The van der Waals surface area contributed by atoms with Crippen molar-refractivity contribution in [2.75, 3.05) is 52.4 Å². The van der Waals surface area contributed by atoms with Gasteiger partial charge in [0.1, 0.15) is 18.5 Å². The van der Waals surface area contributed by atoms with Crippen molar-refractivity contribution in [3.63, 3.8) is 0 Å². The summed E-state index contributed by atoms with van der Waals surface area (Å²) < 4.78 is 5.87. The van der Waals surface area contributed by atoms with E-state index in [1.54, 1.807) is 0 Å². The van der Waals surface area contributed by atoms with Crippen molar-refractivity contribution in [2.24, 2.45) is 0 Å². The van der Waals surface area contributed by atoms with Crippen LogP contribution in [0, 0.1) is 0 Å². The van der Waals surface area contributed by atoms with Crippen LogP contribution in [-0.4, -0.2) is 90.1 Å². The molecule has 1 N–H and O–H groups in total. The summed E-state index contributed by atoms with van der Waals surface area (Å²) >= 11 is 0. The normalized spacial score (nSPS) is 18.9. The minimum atomic E-state index is -0.550. The van der Waals surface area contributed by atoms with Gasteiger partial charge in [-0.3, -0.25) is 24.3 Å². The summed E-state index contributed by atoms with van der Waals surface area (Å²) in [5.74, 6) is 0.420. The van der Waals surface area contributed by atoms with Gasteiger partial charge in [0.25, 0.3) is 11.8 Å². The zero-order valence-corrected chi connectivity index (χ0v) is 21.1. The molecule has 1 atom stereocenters. The van der Waals surface area contributed by atoms with E-state index in [-0.39, 0.29) is 18.4 Å². The SMILES string of the molecule is O=C1c2cccc3cccc(c23)C(=O)N1CCN1CCN(C[C@H](O)COc2ccc3c(c2)CCC3)CC1. The number of carbonyl (C=O) groups excluding carboxylic acids is 2. The lowest BCUT2D eigenvalue weighted by atomic mass is 9.94. The molecule has 0 spiro atoms. The van der Waals surface area contributed by atoms with Crippen molar-refractivity contribution >= 4 is 22.6 Å². The van der Waals surface area contributed by atoms with Crippen molar-refractivity contribution in [1.82, 2.24) is 14.7 Å². The van der Waals surface area contributed by atoms with Gasteiger partial charge in [0.05, 0.1) is 0 Å². The van der Waals surface area contributed by atoms with Crippen LogP contribution in [0.3, 0.4) is 0 Å². The Kier molecular flexibility index (Phi) is 6.67. The molecule has 37 heavy (non-hydrogen) atoms. The van der Waals surface area contributed by atoms with Gasteiger partial charge in [-0.1, -0.05) is 30.3 Å². The molecule has 2 amide bonds. The van der Waals surface area contributed by atoms with E-state index >= 15 is 0 Å². The summed E-state index contributed by atoms with van der Waals surface area (Å²) in [5, 5.41) is 12.2.